The van der Waals surface area contributed by atoms with E-state index in [0.717, 1.165) is 16.7 Å². The molecule has 0 saturated carbocycles. The van der Waals surface area contributed by atoms with Crippen molar-refractivity contribution >= 4 is 23.5 Å². The van der Waals surface area contributed by atoms with Crippen LogP contribution in [0.3, 0.4) is 0 Å². The van der Waals surface area contributed by atoms with Crippen molar-refractivity contribution in [3.63, 3.8) is 0 Å². The van der Waals surface area contributed by atoms with E-state index in [2.05, 4.69) is 4.98 Å². The van der Waals surface area contributed by atoms with Crippen molar-refractivity contribution in [3.05, 3.63) is 52.2 Å². The summed E-state index contributed by atoms with van der Waals surface area (Å²) >= 11 is 0. The molecule has 0 fully saturated rings. The number of phenolic OH excluding ortho intramolecular Hbond substituents is 1. The lowest BCUT2D eigenvalue weighted by Crippen LogP contribution is -2.37. The van der Waals surface area contributed by atoms with Crippen LogP contribution in [0.15, 0.2) is 24.3 Å². The summed E-state index contributed by atoms with van der Waals surface area (Å²) in [6.45, 7) is 20.1. The molecule has 0 aliphatic carbocycles. The summed E-state index contributed by atoms with van der Waals surface area (Å²) in [6.07, 6.45) is -0.499. The number of Topliss-reactive ketones (excluding diaryl/α,β-unsaturated/α-hetero) is 1. The van der Waals surface area contributed by atoms with Gasteiger partial charge in [-0.2, -0.15) is 0 Å². The number of hydrogen-bond acceptors (Lipinski definition) is 6. The summed E-state index contributed by atoms with van der Waals surface area (Å²) in [5.41, 5.74) is 1.89. The number of carbonyl (C=O) groups excluding carboxylic acids is 2. The molecule has 0 unspecified atom stereocenters. The first-order valence-corrected chi connectivity index (χ1v) is 13.1. The van der Waals surface area contributed by atoms with E-state index in [9.17, 15) is 14.7 Å². The van der Waals surface area contributed by atoms with Crippen molar-refractivity contribution in [1.82, 2.24) is 9.88 Å². The van der Waals surface area contributed by atoms with Gasteiger partial charge in [0, 0.05) is 35.3 Å². The molecular formula is C30H42N4O4. The molecule has 8 heteroatoms. The Morgan fingerprint density at radius 2 is 1.58 bits per heavy atom. The number of phenols is 1. The highest BCUT2D eigenvalue weighted by molar-refractivity contribution is 6.05. The van der Waals surface area contributed by atoms with Gasteiger partial charge < -0.3 is 14.7 Å². The van der Waals surface area contributed by atoms with Gasteiger partial charge in [-0.3, -0.25) is 15.1 Å². The molecule has 1 aliphatic rings. The number of nitrogens with one attached hydrogen (secondary N) is 1. The monoisotopic (exact) mass is 522 g/mol. The van der Waals surface area contributed by atoms with E-state index < -0.39 is 11.7 Å². The maximum absolute atomic E-state index is 13.5. The first-order chi connectivity index (χ1) is 17.3. The normalized spacial score (nSPS) is 13.9. The fraction of sp³-hybridized carbons (Fsp3) is 0.533. The minimum Gasteiger partial charge on any atom is -0.507 e. The summed E-state index contributed by atoms with van der Waals surface area (Å²) in [5.74, 6) is 0.635. The minimum absolute atomic E-state index is 0.00598. The third-order valence-electron chi connectivity index (χ3n) is 6.45. The number of benzene rings is 1. The van der Waals surface area contributed by atoms with Crippen molar-refractivity contribution < 1.29 is 19.4 Å². The van der Waals surface area contributed by atoms with Crippen LogP contribution in [0.4, 0.5) is 10.6 Å². The number of amidine groups is 1. The van der Waals surface area contributed by atoms with Gasteiger partial charge in [-0.15, -0.1) is 0 Å². The molecule has 1 aromatic carbocycles. The number of aromatic hydroxyl groups is 1. The second-order valence-corrected chi connectivity index (χ2v) is 12.9. The SMILES string of the molecule is CCN(C(=O)OC(C)(C)C)c1ccc2c(n1)C(=N)N(CC(=O)c1cc(C(C)(C)C)c(O)c(C(C)(C)C)c1)C2. The van der Waals surface area contributed by atoms with Crippen LogP contribution in [0.2, 0.25) is 0 Å². The Morgan fingerprint density at radius 1 is 1.03 bits per heavy atom. The quantitative estimate of drug-likeness (QED) is 0.455. The summed E-state index contributed by atoms with van der Waals surface area (Å²) in [5, 5.41) is 19.7. The molecule has 1 aliphatic heterocycles. The lowest BCUT2D eigenvalue weighted by Gasteiger charge is -2.28. The number of nitrogens with zero attached hydrogens (tertiary/aromatic N) is 3. The summed E-state index contributed by atoms with van der Waals surface area (Å²) in [7, 11) is 0. The number of pyridine rings is 1. The van der Waals surface area contributed by atoms with Crippen LogP contribution in [0.25, 0.3) is 0 Å². The van der Waals surface area contributed by atoms with E-state index in [4.69, 9.17) is 10.1 Å². The zero-order valence-electron chi connectivity index (χ0n) is 24.4. The highest BCUT2D eigenvalue weighted by Gasteiger charge is 2.32. The zero-order chi connectivity index (χ0) is 28.8. The smallest absolute Gasteiger partial charge is 0.415 e. The van der Waals surface area contributed by atoms with Crippen molar-refractivity contribution in [2.75, 3.05) is 18.0 Å². The van der Waals surface area contributed by atoms with Crippen LogP contribution >= 0.6 is 0 Å². The van der Waals surface area contributed by atoms with Crippen LogP contribution in [-0.2, 0) is 22.1 Å². The van der Waals surface area contributed by atoms with Crippen molar-refractivity contribution in [1.29, 1.82) is 5.41 Å². The molecule has 0 atom stereocenters. The van der Waals surface area contributed by atoms with Crippen LogP contribution in [0.1, 0.15) is 102 Å². The van der Waals surface area contributed by atoms with Gasteiger partial charge in [-0.25, -0.2) is 9.78 Å². The van der Waals surface area contributed by atoms with Crippen LogP contribution in [-0.4, -0.2) is 51.4 Å². The number of hydrogen-bond donors (Lipinski definition) is 2. The van der Waals surface area contributed by atoms with E-state index in [1.807, 2.05) is 75.3 Å². The van der Waals surface area contributed by atoms with E-state index in [1.165, 1.54) is 4.90 Å². The molecule has 2 heterocycles. The standard InChI is InChI=1S/C30H42N4O4/c1-11-34(27(37)38-30(8,9)10)23-13-12-18-16-33(26(31)24(18)32-23)17-22(35)19-14-20(28(2,3)4)25(36)21(15-19)29(5,6)7/h12-15,31,36H,11,16-17H2,1-10H3. The number of aromatic nitrogens is 1. The average Bonchev–Trinajstić information content (AvgIpc) is 3.06. The first-order valence-electron chi connectivity index (χ1n) is 13.1. The molecule has 0 radical (unpaired) electrons. The van der Waals surface area contributed by atoms with Crippen LogP contribution in [0, 0.1) is 5.41 Å². The van der Waals surface area contributed by atoms with Crippen molar-refractivity contribution in [2.24, 2.45) is 0 Å². The molecule has 0 spiro atoms. The lowest BCUT2D eigenvalue weighted by molar-refractivity contribution is 0.0581. The molecule has 8 nitrogen and oxygen atoms in total. The fourth-order valence-corrected chi connectivity index (χ4v) is 4.44. The second-order valence-electron chi connectivity index (χ2n) is 12.9. The van der Waals surface area contributed by atoms with E-state index in [1.54, 1.807) is 23.1 Å². The topological polar surface area (TPSA) is 107 Å². The van der Waals surface area contributed by atoms with Crippen molar-refractivity contribution in [2.45, 2.75) is 92.2 Å². The maximum atomic E-state index is 13.5. The van der Waals surface area contributed by atoms with Gasteiger partial charge in [0.1, 0.15) is 28.7 Å². The van der Waals surface area contributed by atoms with Gasteiger partial charge in [-0.1, -0.05) is 47.6 Å². The Labute approximate surface area is 226 Å². The van der Waals surface area contributed by atoms with Crippen LogP contribution < -0.4 is 4.90 Å². The first kappa shape index (κ1) is 29.1. The number of ketones is 1. The van der Waals surface area contributed by atoms with E-state index >= 15 is 0 Å². The van der Waals surface area contributed by atoms with Gasteiger partial charge in [0.05, 0.1) is 6.54 Å². The molecule has 3 rings (SSSR count). The summed E-state index contributed by atoms with van der Waals surface area (Å²) < 4.78 is 5.51. The molecule has 1 aromatic heterocycles. The summed E-state index contributed by atoms with van der Waals surface area (Å²) in [4.78, 5) is 33.9. The van der Waals surface area contributed by atoms with E-state index in [-0.39, 0.29) is 34.7 Å². The third kappa shape index (κ3) is 6.17. The Kier molecular flexibility index (Phi) is 7.70. The number of ether oxygens (including phenoxy) is 1. The van der Waals surface area contributed by atoms with Crippen LogP contribution in [0.5, 0.6) is 5.75 Å². The molecule has 206 valence electrons. The highest BCUT2D eigenvalue weighted by Crippen LogP contribution is 2.40. The Balaban J connectivity index is 1.88. The van der Waals surface area contributed by atoms with Gasteiger partial charge >= 0.3 is 6.09 Å². The fourth-order valence-electron chi connectivity index (χ4n) is 4.44. The molecule has 38 heavy (non-hydrogen) atoms. The predicted molar refractivity (Wildman–Crippen MR) is 151 cm³/mol. The molecule has 2 N–H and O–H groups in total. The predicted octanol–water partition coefficient (Wildman–Crippen LogP) is 6.17. The van der Waals surface area contributed by atoms with E-state index in [0.29, 0.717) is 30.2 Å². The Morgan fingerprint density at radius 3 is 2.05 bits per heavy atom. The van der Waals surface area contributed by atoms with Gasteiger partial charge in [0.2, 0.25) is 0 Å². The molecule has 0 bridgehead atoms. The largest absolute Gasteiger partial charge is 0.507 e. The van der Waals surface area contributed by atoms with Crippen molar-refractivity contribution in [3.8, 4) is 5.75 Å². The zero-order valence-corrected chi connectivity index (χ0v) is 24.4. The number of fused-ring (bicyclic) bond motifs is 1. The lowest BCUT2D eigenvalue weighted by atomic mass is 9.78. The number of carbonyl (C=O) groups is 2. The highest BCUT2D eigenvalue weighted by atomic mass is 16.6. The summed E-state index contributed by atoms with van der Waals surface area (Å²) in [6, 6.07) is 7.14. The molecule has 1 amide bonds. The number of anilines is 1. The van der Waals surface area contributed by atoms with Gasteiger partial charge in [-0.05, 0) is 56.7 Å². The molecule has 0 saturated heterocycles. The van der Waals surface area contributed by atoms with Gasteiger partial charge in [0.15, 0.2) is 5.78 Å². The minimum atomic E-state index is -0.640. The average molecular weight is 523 g/mol. The van der Waals surface area contributed by atoms with Gasteiger partial charge in [0.25, 0.3) is 0 Å². The Bertz CT molecular complexity index is 1230. The third-order valence-corrected chi connectivity index (χ3v) is 6.45. The molecular weight excluding hydrogens is 480 g/mol. The number of rotatable bonds is 5. The molecule has 2 aromatic rings. The number of amides is 1. The second kappa shape index (κ2) is 10.0. The Hall–Kier alpha value is -3.42. The maximum Gasteiger partial charge on any atom is 0.415 e.